The number of benzene rings is 1. The van der Waals surface area contributed by atoms with Gasteiger partial charge in [-0.15, -0.1) is 0 Å². The molecule has 1 amide bonds. The maximum atomic E-state index is 13.0. The van der Waals surface area contributed by atoms with Crippen LogP contribution in [0.15, 0.2) is 36.5 Å². The first-order valence-corrected chi connectivity index (χ1v) is 8.45. The number of rotatable bonds is 6. The van der Waals surface area contributed by atoms with Gasteiger partial charge in [0.15, 0.2) is 5.69 Å². The SMILES string of the molecule is O=C(NCC(C(=O)O)C1CCOCC1)c1ccn(-c2ccc(F)cc2)n1. The molecule has 2 N–H and O–H groups in total. The lowest BCUT2D eigenvalue weighted by molar-refractivity contribution is -0.144. The van der Waals surface area contributed by atoms with Crippen LogP contribution in [0.4, 0.5) is 4.39 Å². The Morgan fingerprint density at radius 1 is 1.27 bits per heavy atom. The second kappa shape index (κ2) is 8.09. The summed E-state index contributed by atoms with van der Waals surface area (Å²) in [5.41, 5.74) is 0.793. The molecule has 1 aromatic carbocycles. The summed E-state index contributed by atoms with van der Waals surface area (Å²) >= 11 is 0. The monoisotopic (exact) mass is 361 g/mol. The topological polar surface area (TPSA) is 93.5 Å². The van der Waals surface area contributed by atoms with Crippen molar-refractivity contribution >= 4 is 11.9 Å². The number of ether oxygens (including phenoxy) is 1. The fourth-order valence-corrected chi connectivity index (χ4v) is 3.05. The zero-order chi connectivity index (χ0) is 18.5. The molecule has 2 heterocycles. The van der Waals surface area contributed by atoms with Crippen molar-refractivity contribution in [3.8, 4) is 5.69 Å². The van der Waals surface area contributed by atoms with Crippen LogP contribution in [0.2, 0.25) is 0 Å². The minimum absolute atomic E-state index is 0.0154. The van der Waals surface area contributed by atoms with Crippen LogP contribution in [0, 0.1) is 17.7 Å². The number of hydrogen-bond donors (Lipinski definition) is 2. The molecule has 26 heavy (non-hydrogen) atoms. The first kappa shape index (κ1) is 18.1. The molecule has 0 saturated carbocycles. The van der Waals surface area contributed by atoms with E-state index < -0.39 is 17.8 Å². The quantitative estimate of drug-likeness (QED) is 0.819. The van der Waals surface area contributed by atoms with E-state index in [2.05, 4.69) is 10.4 Å². The lowest BCUT2D eigenvalue weighted by Crippen LogP contribution is -2.39. The van der Waals surface area contributed by atoms with Gasteiger partial charge in [-0.05, 0) is 49.1 Å². The van der Waals surface area contributed by atoms with Gasteiger partial charge in [0.2, 0.25) is 0 Å². The highest BCUT2D eigenvalue weighted by Gasteiger charge is 2.30. The van der Waals surface area contributed by atoms with Crippen molar-refractivity contribution in [1.82, 2.24) is 15.1 Å². The number of aliphatic carboxylic acids is 1. The van der Waals surface area contributed by atoms with E-state index in [1.807, 2.05) is 0 Å². The summed E-state index contributed by atoms with van der Waals surface area (Å²) in [6.07, 6.45) is 2.94. The van der Waals surface area contributed by atoms with E-state index in [1.165, 1.54) is 22.9 Å². The lowest BCUT2D eigenvalue weighted by atomic mass is 9.86. The Hall–Kier alpha value is -2.74. The predicted molar refractivity (Wildman–Crippen MR) is 90.5 cm³/mol. The van der Waals surface area contributed by atoms with E-state index in [4.69, 9.17) is 4.74 Å². The maximum absolute atomic E-state index is 13.0. The zero-order valence-corrected chi connectivity index (χ0v) is 14.1. The number of carboxylic acids is 1. The van der Waals surface area contributed by atoms with Crippen LogP contribution in [0.3, 0.4) is 0 Å². The smallest absolute Gasteiger partial charge is 0.308 e. The largest absolute Gasteiger partial charge is 0.481 e. The fraction of sp³-hybridized carbons (Fsp3) is 0.389. The maximum Gasteiger partial charge on any atom is 0.308 e. The number of hydrogen-bond acceptors (Lipinski definition) is 4. The van der Waals surface area contributed by atoms with Crippen LogP contribution in [0.5, 0.6) is 0 Å². The summed E-state index contributed by atoms with van der Waals surface area (Å²) in [6.45, 7) is 1.14. The van der Waals surface area contributed by atoms with Gasteiger partial charge >= 0.3 is 5.97 Å². The van der Waals surface area contributed by atoms with Crippen LogP contribution in [0.25, 0.3) is 5.69 Å². The van der Waals surface area contributed by atoms with Gasteiger partial charge in [0.1, 0.15) is 5.82 Å². The molecule has 0 bridgehead atoms. The van der Waals surface area contributed by atoms with Crippen LogP contribution >= 0.6 is 0 Å². The molecule has 1 aromatic heterocycles. The van der Waals surface area contributed by atoms with Crippen molar-refractivity contribution in [2.45, 2.75) is 12.8 Å². The van der Waals surface area contributed by atoms with Crippen LogP contribution in [-0.2, 0) is 9.53 Å². The third-order valence-electron chi connectivity index (χ3n) is 4.55. The van der Waals surface area contributed by atoms with E-state index >= 15 is 0 Å². The Morgan fingerprint density at radius 3 is 2.62 bits per heavy atom. The molecule has 1 aliphatic rings. The van der Waals surface area contributed by atoms with Crippen molar-refractivity contribution in [2.24, 2.45) is 11.8 Å². The molecule has 1 unspecified atom stereocenters. The standard InChI is InChI=1S/C18H20FN3O4/c19-13-1-3-14(4-2-13)22-8-5-16(21-22)17(23)20-11-15(18(24)25)12-6-9-26-10-7-12/h1-5,8,12,15H,6-7,9-11H2,(H,20,23)(H,24,25). The van der Waals surface area contributed by atoms with Crippen molar-refractivity contribution in [3.05, 3.63) is 48.0 Å². The Morgan fingerprint density at radius 2 is 1.96 bits per heavy atom. The molecule has 1 fully saturated rings. The number of carboxylic acid groups (broad SMARTS) is 1. The molecule has 1 atom stereocenters. The molecule has 0 radical (unpaired) electrons. The second-order valence-corrected chi connectivity index (χ2v) is 6.23. The summed E-state index contributed by atoms with van der Waals surface area (Å²) in [6, 6.07) is 7.25. The van der Waals surface area contributed by atoms with Crippen molar-refractivity contribution in [3.63, 3.8) is 0 Å². The average molecular weight is 361 g/mol. The van der Waals surface area contributed by atoms with Crippen molar-refractivity contribution in [2.75, 3.05) is 19.8 Å². The molecule has 0 spiro atoms. The minimum atomic E-state index is -0.922. The van der Waals surface area contributed by atoms with Crippen molar-refractivity contribution in [1.29, 1.82) is 0 Å². The number of nitrogens with one attached hydrogen (secondary N) is 1. The molecule has 1 saturated heterocycles. The van der Waals surface area contributed by atoms with Gasteiger partial charge in [0.25, 0.3) is 5.91 Å². The minimum Gasteiger partial charge on any atom is -0.481 e. The number of nitrogens with zero attached hydrogens (tertiary/aromatic N) is 2. The van der Waals surface area contributed by atoms with Gasteiger partial charge in [-0.25, -0.2) is 9.07 Å². The lowest BCUT2D eigenvalue weighted by Gasteiger charge is -2.27. The van der Waals surface area contributed by atoms with Gasteiger partial charge in [-0.3, -0.25) is 9.59 Å². The number of carbonyl (C=O) groups excluding carboxylic acids is 1. The highest BCUT2D eigenvalue weighted by molar-refractivity contribution is 5.92. The molecular formula is C18H20FN3O4. The normalized spacial score (nSPS) is 16.2. The summed E-state index contributed by atoms with van der Waals surface area (Å²) < 4.78 is 19.7. The van der Waals surface area contributed by atoms with Gasteiger partial charge in [0, 0.05) is 26.0 Å². The molecule has 1 aliphatic heterocycles. The van der Waals surface area contributed by atoms with E-state index in [9.17, 15) is 19.1 Å². The summed E-state index contributed by atoms with van der Waals surface area (Å²) in [5, 5.41) is 16.3. The third-order valence-corrected chi connectivity index (χ3v) is 4.55. The van der Waals surface area contributed by atoms with Crippen LogP contribution in [0.1, 0.15) is 23.3 Å². The Balaban J connectivity index is 1.62. The van der Waals surface area contributed by atoms with Crippen LogP contribution in [-0.4, -0.2) is 46.5 Å². The predicted octanol–water partition coefficient (Wildman–Crippen LogP) is 1.87. The highest BCUT2D eigenvalue weighted by atomic mass is 19.1. The van der Waals surface area contributed by atoms with E-state index in [0.29, 0.717) is 31.7 Å². The molecule has 2 aromatic rings. The third kappa shape index (κ3) is 4.26. The molecule has 138 valence electrons. The Bertz CT molecular complexity index is 769. The zero-order valence-electron chi connectivity index (χ0n) is 14.1. The number of aromatic nitrogens is 2. The number of amides is 1. The first-order chi connectivity index (χ1) is 12.5. The van der Waals surface area contributed by atoms with E-state index in [0.717, 1.165) is 0 Å². The molecule has 3 rings (SSSR count). The molecule has 8 heteroatoms. The second-order valence-electron chi connectivity index (χ2n) is 6.23. The van der Waals surface area contributed by atoms with E-state index in [-0.39, 0.29) is 24.0 Å². The summed E-state index contributed by atoms with van der Waals surface area (Å²) in [5.74, 6) is -2.38. The van der Waals surface area contributed by atoms with Gasteiger partial charge in [0.05, 0.1) is 11.6 Å². The Kier molecular flexibility index (Phi) is 5.62. The summed E-state index contributed by atoms with van der Waals surface area (Å²) in [7, 11) is 0. The van der Waals surface area contributed by atoms with Gasteiger partial charge in [-0.1, -0.05) is 0 Å². The summed E-state index contributed by atoms with van der Waals surface area (Å²) in [4.78, 5) is 23.8. The molecule has 0 aliphatic carbocycles. The number of halogens is 1. The fourth-order valence-electron chi connectivity index (χ4n) is 3.05. The molecular weight excluding hydrogens is 341 g/mol. The average Bonchev–Trinajstić information content (AvgIpc) is 3.13. The van der Waals surface area contributed by atoms with Gasteiger partial charge < -0.3 is 15.2 Å². The van der Waals surface area contributed by atoms with E-state index in [1.54, 1.807) is 18.3 Å². The Labute approximate surface area is 149 Å². The highest BCUT2D eigenvalue weighted by Crippen LogP contribution is 2.23. The van der Waals surface area contributed by atoms with Crippen molar-refractivity contribution < 1.29 is 23.8 Å². The van der Waals surface area contributed by atoms with Gasteiger partial charge in [-0.2, -0.15) is 5.10 Å². The first-order valence-electron chi connectivity index (χ1n) is 8.45. The molecule has 7 nitrogen and oxygen atoms in total. The van der Waals surface area contributed by atoms with Crippen LogP contribution < -0.4 is 5.32 Å². The number of carbonyl (C=O) groups is 2.